The van der Waals surface area contributed by atoms with Crippen molar-refractivity contribution in [3.63, 3.8) is 0 Å². The molecule has 1 heterocycles. The van der Waals surface area contributed by atoms with Crippen LogP contribution in [0.5, 0.6) is 5.75 Å². The summed E-state index contributed by atoms with van der Waals surface area (Å²) in [6.07, 6.45) is 2.44. The molecule has 0 aliphatic carbocycles. The van der Waals surface area contributed by atoms with Crippen molar-refractivity contribution in [1.82, 2.24) is 5.32 Å². The number of nitrogens with one attached hydrogen (secondary N) is 2. The summed E-state index contributed by atoms with van der Waals surface area (Å²) in [5, 5.41) is 5.93. The van der Waals surface area contributed by atoms with E-state index in [1.165, 1.54) is 0 Å². The first-order valence-electron chi connectivity index (χ1n) is 6.54. The summed E-state index contributed by atoms with van der Waals surface area (Å²) in [5.74, 6) is 0.663. The Morgan fingerprint density at radius 3 is 3.05 bits per heavy atom. The van der Waals surface area contributed by atoms with Crippen LogP contribution in [0.3, 0.4) is 0 Å². The smallest absolute Gasteiger partial charge is 0.238 e. The number of anilines is 1. The second-order valence-electron chi connectivity index (χ2n) is 4.55. The number of benzene rings is 1. The summed E-state index contributed by atoms with van der Waals surface area (Å²) in [6.45, 7) is 1.85. The summed E-state index contributed by atoms with van der Waals surface area (Å²) in [5.41, 5.74) is 0.739. The number of halogens is 1. The molecule has 0 bridgehead atoms. The summed E-state index contributed by atoms with van der Waals surface area (Å²) < 4.78 is 10.6. The first kappa shape index (κ1) is 16.8. The maximum atomic E-state index is 11.7. The van der Waals surface area contributed by atoms with E-state index in [1.54, 1.807) is 13.2 Å². The number of ether oxygens (including phenoxy) is 2. The average Bonchev–Trinajstić information content (AvgIpc) is 2.92. The molecule has 5 nitrogen and oxygen atoms in total. The zero-order valence-electron chi connectivity index (χ0n) is 11.6. The maximum Gasteiger partial charge on any atom is 0.238 e. The minimum atomic E-state index is -0.0637. The molecule has 1 aliphatic rings. The summed E-state index contributed by atoms with van der Waals surface area (Å²) in [6, 6.07) is 7.30. The molecule has 6 heteroatoms. The van der Waals surface area contributed by atoms with Gasteiger partial charge in [-0.1, -0.05) is 6.07 Å². The second-order valence-corrected chi connectivity index (χ2v) is 4.55. The van der Waals surface area contributed by atoms with E-state index in [2.05, 4.69) is 10.6 Å². The fraction of sp³-hybridized carbons (Fsp3) is 0.500. The van der Waals surface area contributed by atoms with Gasteiger partial charge in [-0.25, -0.2) is 0 Å². The molecule has 112 valence electrons. The van der Waals surface area contributed by atoms with Crippen molar-refractivity contribution in [1.29, 1.82) is 0 Å². The van der Waals surface area contributed by atoms with E-state index in [4.69, 9.17) is 9.47 Å². The minimum absolute atomic E-state index is 0. The van der Waals surface area contributed by atoms with Crippen LogP contribution in [0.2, 0.25) is 0 Å². The monoisotopic (exact) mass is 300 g/mol. The predicted octanol–water partition coefficient (Wildman–Crippen LogP) is 1.82. The van der Waals surface area contributed by atoms with Crippen molar-refractivity contribution in [3.05, 3.63) is 24.3 Å². The number of hydrogen-bond acceptors (Lipinski definition) is 4. The normalized spacial score (nSPS) is 17.4. The molecule has 0 saturated carbocycles. The number of amides is 1. The van der Waals surface area contributed by atoms with Gasteiger partial charge in [0.1, 0.15) is 5.75 Å². The third-order valence-corrected chi connectivity index (χ3v) is 3.04. The average molecular weight is 301 g/mol. The molecule has 1 atom stereocenters. The molecule has 1 fully saturated rings. The van der Waals surface area contributed by atoms with Crippen molar-refractivity contribution in [3.8, 4) is 5.75 Å². The van der Waals surface area contributed by atoms with E-state index in [0.717, 1.165) is 37.4 Å². The molecule has 2 N–H and O–H groups in total. The van der Waals surface area contributed by atoms with Gasteiger partial charge in [-0.3, -0.25) is 4.79 Å². The first-order valence-corrected chi connectivity index (χ1v) is 6.54. The number of methoxy groups -OCH3 is 1. The van der Waals surface area contributed by atoms with E-state index in [9.17, 15) is 4.79 Å². The second kappa shape index (κ2) is 8.79. The third kappa shape index (κ3) is 5.36. The highest BCUT2D eigenvalue weighted by molar-refractivity contribution is 5.92. The van der Waals surface area contributed by atoms with Crippen LogP contribution >= 0.6 is 12.4 Å². The van der Waals surface area contributed by atoms with Gasteiger partial charge in [0.25, 0.3) is 0 Å². The quantitative estimate of drug-likeness (QED) is 0.841. The Labute approximate surface area is 125 Å². The lowest BCUT2D eigenvalue weighted by molar-refractivity contribution is -0.115. The lowest BCUT2D eigenvalue weighted by atomic mass is 10.2. The number of hydrogen-bond donors (Lipinski definition) is 2. The van der Waals surface area contributed by atoms with Crippen molar-refractivity contribution in [2.24, 2.45) is 0 Å². The van der Waals surface area contributed by atoms with E-state index in [1.807, 2.05) is 18.2 Å². The van der Waals surface area contributed by atoms with Gasteiger partial charge >= 0.3 is 0 Å². The molecular formula is C14H21ClN2O3. The van der Waals surface area contributed by atoms with Crippen LogP contribution in [0.15, 0.2) is 24.3 Å². The minimum Gasteiger partial charge on any atom is -0.497 e. The largest absolute Gasteiger partial charge is 0.497 e. The Bertz CT molecular complexity index is 423. The molecule has 1 saturated heterocycles. The zero-order chi connectivity index (χ0) is 13.5. The molecular weight excluding hydrogens is 280 g/mol. The molecule has 1 aromatic rings. The first-order chi connectivity index (χ1) is 9.28. The van der Waals surface area contributed by atoms with Gasteiger partial charge in [0, 0.05) is 24.9 Å². The zero-order valence-corrected chi connectivity index (χ0v) is 12.4. The molecule has 1 aliphatic heterocycles. The topological polar surface area (TPSA) is 59.6 Å². The van der Waals surface area contributed by atoms with Gasteiger partial charge < -0.3 is 20.1 Å². The molecule has 2 rings (SSSR count). The van der Waals surface area contributed by atoms with Gasteiger partial charge in [0.05, 0.1) is 19.8 Å². The summed E-state index contributed by atoms with van der Waals surface area (Å²) >= 11 is 0. The van der Waals surface area contributed by atoms with Crippen LogP contribution in [0.4, 0.5) is 5.69 Å². The Morgan fingerprint density at radius 2 is 2.35 bits per heavy atom. The third-order valence-electron chi connectivity index (χ3n) is 3.04. The maximum absolute atomic E-state index is 11.7. The van der Waals surface area contributed by atoms with E-state index < -0.39 is 0 Å². The van der Waals surface area contributed by atoms with Crippen LogP contribution in [-0.4, -0.2) is 38.8 Å². The Balaban J connectivity index is 0.00000200. The Hall–Kier alpha value is -1.30. The summed E-state index contributed by atoms with van der Waals surface area (Å²) in [7, 11) is 1.60. The molecule has 1 aromatic carbocycles. The van der Waals surface area contributed by atoms with Crippen LogP contribution in [0.1, 0.15) is 12.8 Å². The van der Waals surface area contributed by atoms with Crippen LogP contribution < -0.4 is 15.4 Å². The molecule has 0 radical (unpaired) electrons. The molecule has 20 heavy (non-hydrogen) atoms. The fourth-order valence-electron chi connectivity index (χ4n) is 2.06. The van der Waals surface area contributed by atoms with Gasteiger partial charge in [0.15, 0.2) is 0 Å². The number of rotatable bonds is 6. The van der Waals surface area contributed by atoms with E-state index in [0.29, 0.717) is 0 Å². The highest BCUT2D eigenvalue weighted by Gasteiger charge is 2.15. The highest BCUT2D eigenvalue weighted by atomic mass is 35.5. The van der Waals surface area contributed by atoms with E-state index in [-0.39, 0.29) is 31.0 Å². The molecule has 0 spiro atoms. The van der Waals surface area contributed by atoms with Crippen LogP contribution in [0.25, 0.3) is 0 Å². The standard InChI is InChI=1S/C14H20N2O3.ClH/c1-18-12-5-2-4-11(8-12)16-14(17)10-15-9-13-6-3-7-19-13;/h2,4-5,8,13,15H,3,6-7,9-10H2,1H3,(H,16,17);1H. The predicted molar refractivity (Wildman–Crippen MR) is 80.7 cm³/mol. The highest BCUT2D eigenvalue weighted by Crippen LogP contribution is 2.16. The van der Waals surface area contributed by atoms with E-state index >= 15 is 0 Å². The van der Waals surface area contributed by atoms with Gasteiger partial charge in [0.2, 0.25) is 5.91 Å². The SMILES string of the molecule is COc1cccc(NC(=O)CNCC2CCCO2)c1.Cl. The lowest BCUT2D eigenvalue weighted by Crippen LogP contribution is -2.33. The van der Waals surface area contributed by atoms with Gasteiger partial charge in [-0.2, -0.15) is 0 Å². The van der Waals surface area contributed by atoms with Gasteiger partial charge in [-0.15, -0.1) is 12.4 Å². The van der Waals surface area contributed by atoms with Gasteiger partial charge in [-0.05, 0) is 25.0 Å². The Morgan fingerprint density at radius 1 is 1.50 bits per heavy atom. The van der Waals surface area contributed by atoms with Crippen LogP contribution in [0, 0.1) is 0 Å². The molecule has 0 aromatic heterocycles. The van der Waals surface area contributed by atoms with Crippen molar-refractivity contribution in [2.45, 2.75) is 18.9 Å². The van der Waals surface area contributed by atoms with Crippen LogP contribution in [-0.2, 0) is 9.53 Å². The number of carbonyl (C=O) groups is 1. The van der Waals surface area contributed by atoms with Crippen molar-refractivity contribution < 1.29 is 14.3 Å². The molecule has 1 amide bonds. The van der Waals surface area contributed by atoms with Crippen molar-refractivity contribution >= 4 is 24.0 Å². The summed E-state index contributed by atoms with van der Waals surface area (Å²) in [4.78, 5) is 11.7. The fourth-order valence-corrected chi connectivity index (χ4v) is 2.06. The number of carbonyl (C=O) groups excluding carboxylic acids is 1. The lowest BCUT2D eigenvalue weighted by Gasteiger charge is -2.11. The molecule has 1 unspecified atom stereocenters. The Kier molecular flexibility index (Phi) is 7.36. The van der Waals surface area contributed by atoms with Crippen molar-refractivity contribution in [2.75, 3.05) is 32.1 Å².